The van der Waals surface area contributed by atoms with E-state index in [1.807, 2.05) is 32.9 Å². The SMILES string of the molecule is C=C/C(C)=C/C[C@@]1(C)[C@@H](C)CCC23C(=C[C@@H](OC(=O)C(C)CC)C[C@@H]21)[C@H](OC(C)=O)O[C@@H]3OC(C)=O. The highest BCUT2D eigenvalue weighted by Gasteiger charge is 2.67. The summed E-state index contributed by atoms with van der Waals surface area (Å²) in [7, 11) is 0. The summed E-state index contributed by atoms with van der Waals surface area (Å²) >= 11 is 0. The smallest absolute Gasteiger partial charge is 0.309 e. The Balaban J connectivity index is 2.16. The molecule has 8 atom stereocenters. The van der Waals surface area contributed by atoms with Crippen molar-refractivity contribution < 1.29 is 33.3 Å². The van der Waals surface area contributed by atoms with Crippen LogP contribution in [0.4, 0.5) is 0 Å². The molecule has 7 heteroatoms. The fraction of sp³-hybridized carbons (Fsp3) is 0.690. The van der Waals surface area contributed by atoms with Gasteiger partial charge >= 0.3 is 17.9 Å². The van der Waals surface area contributed by atoms with Crippen LogP contribution >= 0.6 is 0 Å². The molecule has 3 aliphatic rings. The quantitative estimate of drug-likeness (QED) is 0.184. The molecule has 1 aliphatic heterocycles. The fourth-order valence-corrected chi connectivity index (χ4v) is 6.24. The van der Waals surface area contributed by atoms with Gasteiger partial charge in [0.2, 0.25) is 12.6 Å². The van der Waals surface area contributed by atoms with Gasteiger partial charge in [0, 0.05) is 19.4 Å². The van der Waals surface area contributed by atoms with Crippen molar-refractivity contribution in [1.29, 1.82) is 0 Å². The number of ether oxygens (including phenoxy) is 4. The average molecular weight is 503 g/mol. The Kier molecular flexibility index (Phi) is 8.54. The molecular weight excluding hydrogens is 460 g/mol. The Morgan fingerprint density at radius 3 is 2.44 bits per heavy atom. The van der Waals surface area contributed by atoms with Gasteiger partial charge in [-0.3, -0.25) is 19.1 Å². The number of carbonyl (C=O) groups is 3. The van der Waals surface area contributed by atoms with E-state index in [9.17, 15) is 14.4 Å². The summed E-state index contributed by atoms with van der Waals surface area (Å²) in [5.41, 5.74) is 0.925. The Bertz CT molecular complexity index is 949. The van der Waals surface area contributed by atoms with Crippen LogP contribution in [0.2, 0.25) is 0 Å². The number of allylic oxidation sites excluding steroid dienone is 3. The van der Waals surface area contributed by atoms with Crippen molar-refractivity contribution in [2.24, 2.45) is 28.6 Å². The van der Waals surface area contributed by atoms with E-state index in [1.54, 1.807) is 0 Å². The number of hydrogen-bond donors (Lipinski definition) is 0. The predicted molar refractivity (Wildman–Crippen MR) is 135 cm³/mol. The molecule has 1 heterocycles. The minimum atomic E-state index is -0.998. The second-order valence-corrected chi connectivity index (χ2v) is 11.1. The number of rotatable bonds is 8. The molecular formula is C29H42O7. The van der Waals surface area contributed by atoms with E-state index >= 15 is 0 Å². The minimum absolute atomic E-state index is 0.0535. The molecule has 0 aromatic rings. The van der Waals surface area contributed by atoms with Gasteiger partial charge < -0.3 is 14.2 Å². The molecule has 200 valence electrons. The van der Waals surface area contributed by atoms with Gasteiger partial charge in [0.05, 0.1) is 11.3 Å². The molecule has 2 unspecified atom stereocenters. The lowest BCUT2D eigenvalue weighted by Gasteiger charge is -2.58. The zero-order valence-electron chi connectivity index (χ0n) is 22.8. The lowest BCUT2D eigenvalue weighted by molar-refractivity contribution is -0.235. The third-order valence-electron chi connectivity index (χ3n) is 8.84. The van der Waals surface area contributed by atoms with E-state index in [2.05, 4.69) is 26.5 Å². The summed E-state index contributed by atoms with van der Waals surface area (Å²) < 4.78 is 23.5. The fourth-order valence-electron chi connectivity index (χ4n) is 6.24. The molecule has 7 nitrogen and oxygen atoms in total. The van der Waals surface area contributed by atoms with E-state index < -0.39 is 36.0 Å². The Morgan fingerprint density at radius 2 is 1.86 bits per heavy atom. The van der Waals surface area contributed by atoms with Crippen molar-refractivity contribution in [2.45, 2.75) is 99.3 Å². The lowest BCUT2D eigenvalue weighted by Crippen LogP contribution is -2.57. The van der Waals surface area contributed by atoms with Crippen molar-refractivity contribution in [3.8, 4) is 0 Å². The number of carbonyl (C=O) groups excluding carboxylic acids is 3. The van der Waals surface area contributed by atoms with E-state index in [4.69, 9.17) is 18.9 Å². The molecule has 1 saturated heterocycles. The van der Waals surface area contributed by atoms with Gasteiger partial charge in [0.25, 0.3) is 0 Å². The first-order valence-corrected chi connectivity index (χ1v) is 13.1. The van der Waals surface area contributed by atoms with Crippen LogP contribution in [-0.2, 0) is 33.3 Å². The average Bonchev–Trinajstić information content (AvgIpc) is 3.10. The van der Waals surface area contributed by atoms with Gasteiger partial charge in [-0.25, -0.2) is 0 Å². The van der Waals surface area contributed by atoms with Crippen LogP contribution in [0.3, 0.4) is 0 Å². The molecule has 0 aromatic heterocycles. The molecule has 1 saturated carbocycles. The van der Waals surface area contributed by atoms with Crippen LogP contribution in [0.25, 0.3) is 0 Å². The molecule has 0 radical (unpaired) electrons. The first kappa shape index (κ1) is 28.2. The van der Waals surface area contributed by atoms with Crippen molar-refractivity contribution in [3.63, 3.8) is 0 Å². The van der Waals surface area contributed by atoms with Crippen LogP contribution in [-0.4, -0.2) is 36.6 Å². The Labute approximate surface area is 215 Å². The third-order valence-corrected chi connectivity index (χ3v) is 8.84. The predicted octanol–water partition coefficient (Wildman–Crippen LogP) is 5.64. The molecule has 36 heavy (non-hydrogen) atoms. The van der Waals surface area contributed by atoms with E-state index in [0.717, 1.165) is 24.0 Å². The summed E-state index contributed by atoms with van der Waals surface area (Å²) in [5, 5.41) is 0. The topological polar surface area (TPSA) is 88.1 Å². The van der Waals surface area contributed by atoms with Crippen molar-refractivity contribution in [1.82, 2.24) is 0 Å². The standard InChI is InChI=1S/C29H42O7/c1-9-17(3)11-13-28(8)19(5)12-14-29-23(26(33-20(6)30)36-27(29)34-21(7)31)15-22(16-24(28)29)35-25(32)18(4)10-2/h9,11,15,18-19,22,24,26-27H,1,10,12-14,16H2,2-8H3/b17-11+/t18?,19-,22+,24+,26+,27-,28-,29?/m0/s1. The summed E-state index contributed by atoms with van der Waals surface area (Å²) in [6.45, 7) is 16.9. The van der Waals surface area contributed by atoms with Gasteiger partial charge in [0.1, 0.15) is 6.10 Å². The highest BCUT2D eigenvalue weighted by atomic mass is 16.8. The van der Waals surface area contributed by atoms with Gasteiger partial charge in [-0.2, -0.15) is 0 Å². The monoisotopic (exact) mass is 502 g/mol. The van der Waals surface area contributed by atoms with Crippen LogP contribution in [0.1, 0.15) is 80.6 Å². The third kappa shape index (κ3) is 5.17. The molecule has 0 amide bonds. The molecule has 0 aromatic carbocycles. The van der Waals surface area contributed by atoms with Crippen molar-refractivity contribution >= 4 is 17.9 Å². The van der Waals surface area contributed by atoms with E-state index in [1.165, 1.54) is 13.8 Å². The maximum absolute atomic E-state index is 12.8. The highest BCUT2D eigenvalue weighted by Crippen LogP contribution is 2.67. The van der Waals surface area contributed by atoms with E-state index in [-0.39, 0.29) is 23.2 Å². The van der Waals surface area contributed by atoms with Gasteiger partial charge in [-0.15, -0.1) is 0 Å². The zero-order valence-corrected chi connectivity index (χ0v) is 22.8. The second kappa shape index (κ2) is 10.9. The first-order chi connectivity index (χ1) is 16.9. The van der Waals surface area contributed by atoms with E-state index in [0.29, 0.717) is 25.2 Å². The van der Waals surface area contributed by atoms with Gasteiger partial charge in [0.15, 0.2) is 0 Å². The van der Waals surface area contributed by atoms with Gasteiger partial charge in [-0.05, 0) is 62.4 Å². The molecule has 2 fully saturated rings. The number of hydrogen-bond acceptors (Lipinski definition) is 7. The highest BCUT2D eigenvalue weighted by molar-refractivity contribution is 5.72. The first-order valence-electron chi connectivity index (χ1n) is 13.1. The largest absolute Gasteiger partial charge is 0.458 e. The second-order valence-electron chi connectivity index (χ2n) is 11.1. The minimum Gasteiger partial charge on any atom is -0.458 e. The van der Waals surface area contributed by atoms with Crippen molar-refractivity contribution in [2.75, 3.05) is 0 Å². The Hall–Kier alpha value is -2.41. The van der Waals surface area contributed by atoms with Crippen LogP contribution in [0, 0.1) is 28.6 Å². The summed E-state index contributed by atoms with van der Waals surface area (Å²) in [6, 6.07) is 0. The van der Waals surface area contributed by atoms with Crippen LogP contribution in [0.15, 0.2) is 36.0 Å². The van der Waals surface area contributed by atoms with Crippen LogP contribution < -0.4 is 0 Å². The normalized spacial score (nSPS) is 36.6. The summed E-state index contributed by atoms with van der Waals surface area (Å²) in [6.07, 6.45) is 7.17. The maximum Gasteiger partial charge on any atom is 0.309 e. The summed E-state index contributed by atoms with van der Waals surface area (Å²) in [5.74, 6) is -1.13. The molecule has 0 bridgehead atoms. The maximum atomic E-state index is 12.8. The summed E-state index contributed by atoms with van der Waals surface area (Å²) in [4.78, 5) is 36.9. The Morgan fingerprint density at radius 1 is 1.19 bits per heavy atom. The van der Waals surface area contributed by atoms with Gasteiger partial charge in [-0.1, -0.05) is 52.0 Å². The molecule has 1 spiro atoms. The van der Waals surface area contributed by atoms with Crippen molar-refractivity contribution in [3.05, 3.63) is 36.0 Å². The molecule has 3 rings (SSSR count). The molecule has 0 N–H and O–H groups in total. The van der Waals surface area contributed by atoms with Crippen LogP contribution in [0.5, 0.6) is 0 Å². The zero-order chi connectivity index (χ0) is 26.8. The lowest BCUT2D eigenvalue weighted by atomic mass is 9.46. The molecule has 2 aliphatic carbocycles. The number of esters is 3.